The Kier molecular flexibility index (Phi) is 5.24. The second kappa shape index (κ2) is 8.14. The van der Waals surface area contributed by atoms with Crippen molar-refractivity contribution >= 4 is 23.3 Å². The van der Waals surface area contributed by atoms with Gasteiger partial charge in [-0.05, 0) is 47.9 Å². The third kappa shape index (κ3) is 4.11. The highest BCUT2D eigenvalue weighted by atomic mass is 19.1. The molecular formula is C23H20FN3O2. The number of halogens is 1. The highest BCUT2D eigenvalue weighted by molar-refractivity contribution is 6.02. The fourth-order valence-corrected chi connectivity index (χ4v) is 3.49. The standard InChI is InChI=1S/C23H20FN3O2/c24-18-10-12-19(13-11-18)25-23(29)26-21(17-7-2-1-3-8-17)22(28)27-15-14-16-6-4-5-9-20(16)27/h1-13,21H,14-15H2,(H2,25,26,29)/t21-/m1/s1. The number of para-hydroxylation sites is 1. The number of rotatable bonds is 4. The molecule has 146 valence electrons. The summed E-state index contributed by atoms with van der Waals surface area (Å²) in [5, 5.41) is 5.42. The molecule has 0 aliphatic carbocycles. The molecule has 1 aliphatic heterocycles. The Bertz CT molecular complexity index is 1020. The molecule has 3 amide bonds. The van der Waals surface area contributed by atoms with Gasteiger partial charge in [0, 0.05) is 17.9 Å². The number of anilines is 2. The van der Waals surface area contributed by atoms with Crippen molar-refractivity contribution < 1.29 is 14.0 Å². The van der Waals surface area contributed by atoms with Gasteiger partial charge in [0.1, 0.15) is 11.9 Å². The first-order valence-corrected chi connectivity index (χ1v) is 9.39. The number of nitrogens with zero attached hydrogens (tertiary/aromatic N) is 1. The number of hydrogen-bond acceptors (Lipinski definition) is 2. The van der Waals surface area contributed by atoms with Gasteiger partial charge in [0.2, 0.25) is 0 Å². The van der Waals surface area contributed by atoms with Crippen LogP contribution in [0.3, 0.4) is 0 Å². The number of fused-ring (bicyclic) bond motifs is 1. The van der Waals surface area contributed by atoms with Crippen LogP contribution >= 0.6 is 0 Å². The second-order valence-electron chi connectivity index (χ2n) is 6.82. The summed E-state index contributed by atoms with van der Waals surface area (Å²) in [6.45, 7) is 0.572. The topological polar surface area (TPSA) is 61.4 Å². The molecule has 29 heavy (non-hydrogen) atoms. The lowest BCUT2D eigenvalue weighted by atomic mass is 10.1. The Morgan fingerprint density at radius 3 is 2.34 bits per heavy atom. The molecule has 2 N–H and O–H groups in total. The van der Waals surface area contributed by atoms with Crippen molar-refractivity contribution in [1.82, 2.24) is 5.32 Å². The summed E-state index contributed by atoms with van der Waals surface area (Å²) in [6.07, 6.45) is 0.783. The van der Waals surface area contributed by atoms with E-state index in [0.29, 0.717) is 17.8 Å². The molecule has 5 nitrogen and oxygen atoms in total. The van der Waals surface area contributed by atoms with Crippen LogP contribution in [-0.2, 0) is 11.2 Å². The van der Waals surface area contributed by atoms with Gasteiger partial charge in [0.15, 0.2) is 0 Å². The van der Waals surface area contributed by atoms with Gasteiger partial charge in [0.05, 0.1) is 0 Å². The molecule has 0 saturated carbocycles. The summed E-state index contributed by atoms with van der Waals surface area (Å²) >= 11 is 0. The minimum absolute atomic E-state index is 0.199. The van der Waals surface area contributed by atoms with Gasteiger partial charge in [-0.15, -0.1) is 0 Å². The van der Waals surface area contributed by atoms with Crippen molar-refractivity contribution in [3.63, 3.8) is 0 Å². The largest absolute Gasteiger partial charge is 0.322 e. The van der Waals surface area contributed by atoms with Gasteiger partial charge in [0.25, 0.3) is 5.91 Å². The quantitative estimate of drug-likeness (QED) is 0.700. The third-order valence-corrected chi connectivity index (χ3v) is 4.91. The minimum Gasteiger partial charge on any atom is -0.322 e. The van der Waals surface area contributed by atoms with Crippen LogP contribution in [0.5, 0.6) is 0 Å². The highest BCUT2D eigenvalue weighted by Gasteiger charge is 2.32. The lowest BCUT2D eigenvalue weighted by Crippen LogP contribution is -2.43. The number of benzene rings is 3. The number of amides is 3. The number of carbonyl (C=O) groups excluding carboxylic acids is 2. The van der Waals surface area contributed by atoms with E-state index in [1.54, 1.807) is 4.90 Å². The molecule has 6 heteroatoms. The maximum absolute atomic E-state index is 13.4. The van der Waals surface area contributed by atoms with Crippen molar-refractivity contribution in [3.8, 4) is 0 Å². The molecule has 1 aliphatic rings. The van der Waals surface area contributed by atoms with Crippen LogP contribution in [-0.4, -0.2) is 18.5 Å². The highest BCUT2D eigenvalue weighted by Crippen LogP contribution is 2.30. The molecule has 3 aromatic rings. The molecule has 3 aromatic carbocycles. The lowest BCUT2D eigenvalue weighted by molar-refractivity contribution is -0.120. The summed E-state index contributed by atoms with van der Waals surface area (Å²) in [7, 11) is 0. The van der Waals surface area contributed by atoms with Crippen molar-refractivity contribution in [3.05, 3.63) is 95.8 Å². The fraction of sp³-hybridized carbons (Fsp3) is 0.130. The smallest absolute Gasteiger partial charge is 0.320 e. The molecular weight excluding hydrogens is 369 g/mol. The average molecular weight is 389 g/mol. The first kappa shape index (κ1) is 18.7. The number of urea groups is 1. The summed E-state index contributed by atoms with van der Waals surface area (Å²) in [6, 6.07) is 21.0. The number of carbonyl (C=O) groups is 2. The predicted molar refractivity (Wildman–Crippen MR) is 110 cm³/mol. The van der Waals surface area contributed by atoms with Crippen LogP contribution in [0.4, 0.5) is 20.6 Å². The molecule has 0 radical (unpaired) electrons. The van der Waals surface area contributed by atoms with E-state index in [9.17, 15) is 14.0 Å². The van der Waals surface area contributed by atoms with Crippen molar-refractivity contribution in [2.24, 2.45) is 0 Å². The van der Waals surface area contributed by atoms with E-state index in [2.05, 4.69) is 10.6 Å². The van der Waals surface area contributed by atoms with E-state index in [0.717, 1.165) is 17.7 Å². The first-order valence-electron chi connectivity index (χ1n) is 9.39. The molecule has 1 atom stereocenters. The SMILES string of the molecule is O=C(Nc1ccc(F)cc1)N[C@@H](C(=O)N1CCc2ccccc21)c1ccccc1. The number of hydrogen-bond donors (Lipinski definition) is 2. The maximum Gasteiger partial charge on any atom is 0.320 e. The summed E-state index contributed by atoms with van der Waals surface area (Å²) in [4.78, 5) is 27.6. The average Bonchev–Trinajstić information content (AvgIpc) is 3.18. The van der Waals surface area contributed by atoms with Crippen molar-refractivity contribution in [1.29, 1.82) is 0 Å². The summed E-state index contributed by atoms with van der Waals surface area (Å²) < 4.78 is 13.1. The predicted octanol–water partition coefficient (Wildman–Crippen LogP) is 4.28. The molecule has 0 bridgehead atoms. The zero-order valence-corrected chi connectivity index (χ0v) is 15.6. The van der Waals surface area contributed by atoms with Gasteiger partial charge in [-0.3, -0.25) is 4.79 Å². The molecule has 0 spiro atoms. The normalized spacial score (nSPS) is 13.5. The fourth-order valence-electron chi connectivity index (χ4n) is 3.49. The summed E-state index contributed by atoms with van der Waals surface area (Å²) in [5.41, 5.74) is 3.12. The van der Waals surface area contributed by atoms with E-state index < -0.39 is 12.1 Å². The Balaban J connectivity index is 1.56. The molecule has 4 rings (SSSR count). The van der Waals surface area contributed by atoms with Crippen LogP contribution in [0.25, 0.3) is 0 Å². The van der Waals surface area contributed by atoms with Crippen LogP contribution < -0.4 is 15.5 Å². The monoisotopic (exact) mass is 389 g/mol. The minimum atomic E-state index is -0.845. The summed E-state index contributed by atoms with van der Waals surface area (Å²) in [5.74, 6) is -0.587. The van der Waals surface area contributed by atoms with Crippen LogP contribution in [0.1, 0.15) is 17.2 Å². The Labute approximate surface area is 168 Å². The van der Waals surface area contributed by atoms with E-state index in [1.807, 2.05) is 54.6 Å². The lowest BCUT2D eigenvalue weighted by Gasteiger charge is -2.25. The number of nitrogens with one attached hydrogen (secondary N) is 2. The van der Waals surface area contributed by atoms with Gasteiger partial charge in [-0.1, -0.05) is 48.5 Å². The van der Waals surface area contributed by atoms with Crippen molar-refractivity contribution in [2.45, 2.75) is 12.5 Å². The van der Waals surface area contributed by atoms with E-state index in [4.69, 9.17) is 0 Å². The molecule has 0 fully saturated rings. The van der Waals surface area contributed by atoms with Crippen LogP contribution in [0.15, 0.2) is 78.9 Å². The van der Waals surface area contributed by atoms with Gasteiger partial charge in [-0.2, -0.15) is 0 Å². The maximum atomic E-state index is 13.4. The zero-order valence-electron chi connectivity index (χ0n) is 15.6. The molecule has 0 saturated heterocycles. The molecule has 1 heterocycles. The Morgan fingerprint density at radius 2 is 1.59 bits per heavy atom. The van der Waals surface area contributed by atoms with E-state index in [-0.39, 0.29) is 11.7 Å². The van der Waals surface area contributed by atoms with E-state index >= 15 is 0 Å². The van der Waals surface area contributed by atoms with Gasteiger partial charge in [-0.25, -0.2) is 9.18 Å². The molecule has 0 unspecified atom stereocenters. The van der Waals surface area contributed by atoms with Gasteiger partial charge < -0.3 is 15.5 Å². The zero-order chi connectivity index (χ0) is 20.2. The van der Waals surface area contributed by atoms with Crippen LogP contribution in [0.2, 0.25) is 0 Å². The Hall–Kier alpha value is -3.67. The first-order chi connectivity index (χ1) is 14.1. The van der Waals surface area contributed by atoms with Crippen molar-refractivity contribution in [2.75, 3.05) is 16.8 Å². The molecule has 0 aromatic heterocycles. The van der Waals surface area contributed by atoms with E-state index in [1.165, 1.54) is 24.3 Å². The Morgan fingerprint density at radius 1 is 0.897 bits per heavy atom. The van der Waals surface area contributed by atoms with Crippen LogP contribution in [0, 0.1) is 5.82 Å². The van der Waals surface area contributed by atoms with Gasteiger partial charge >= 0.3 is 6.03 Å². The second-order valence-corrected chi connectivity index (χ2v) is 6.82. The third-order valence-electron chi connectivity index (χ3n) is 4.91.